The highest BCUT2D eigenvalue weighted by atomic mass is 35.5. The second kappa shape index (κ2) is 7.51. The fraction of sp³-hybridized carbons (Fsp3) is 0.0556. The van der Waals surface area contributed by atoms with Crippen molar-refractivity contribution in [2.24, 2.45) is 5.10 Å². The van der Waals surface area contributed by atoms with Crippen molar-refractivity contribution in [1.29, 1.82) is 0 Å². The van der Waals surface area contributed by atoms with E-state index in [-0.39, 0.29) is 5.91 Å². The molecule has 0 saturated heterocycles. The Kier molecular flexibility index (Phi) is 5.16. The minimum atomic E-state index is -0.390. The smallest absolute Gasteiger partial charge is 0.272 e. The first kappa shape index (κ1) is 17.2. The Labute approximate surface area is 154 Å². The molecule has 0 aliphatic rings. The number of nitrogens with zero attached hydrogens (tertiary/aromatic N) is 2. The molecular formula is C18H14Cl2N4O. The monoisotopic (exact) mass is 372 g/mol. The Bertz CT molecular complexity index is 932. The number of rotatable bonds is 4. The molecule has 1 heterocycles. The van der Waals surface area contributed by atoms with E-state index in [1.165, 1.54) is 0 Å². The number of H-pyrrole nitrogens is 1. The van der Waals surface area contributed by atoms with Crippen LogP contribution >= 0.6 is 23.2 Å². The lowest BCUT2D eigenvalue weighted by molar-refractivity contribution is 0.0950. The van der Waals surface area contributed by atoms with Crippen molar-refractivity contribution < 1.29 is 4.79 Å². The third-order valence-electron chi connectivity index (χ3n) is 3.56. The number of amides is 1. The number of aromatic nitrogens is 2. The Hall–Kier alpha value is -2.63. The van der Waals surface area contributed by atoms with Gasteiger partial charge in [0.1, 0.15) is 5.69 Å². The van der Waals surface area contributed by atoms with Gasteiger partial charge in [-0.2, -0.15) is 10.2 Å². The van der Waals surface area contributed by atoms with Crippen LogP contribution in [0.15, 0.2) is 59.7 Å². The molecule has 0 spiro atoms. The number of hydrogen-bond donors (Lipinski definition) is 2. The average molecular weight is 373 g/mol. The minimum absolute atomic E-state index is 0.294. The lowest BCUT2D eigenvalue weighted by Crippen LogP contribution is -2.19. The Balaban J connectivity index is 1.73. The Morgan fingerprint density at radius 2 is 1.84 bits per heavy atom. The molecule has 1 amide bonds. The number of aromatic amines is 1. The van der Waals surface area contributed by atoms with E-state index in [1.807, 2.05) is 30.3 Å². The molecular weight excluding hydrogens is 359 g/mol. The molecule has 2 aromatic carbocycles. The predicted octanol–water partition coefficient (Wildman–Crippen LogP) is 4.54. The van der Waals surface area contributed by atoms with E-state index in [9.17, 15) is 4.79 Å². The van der Waals surface area contributed by atoms with Gasteiger partial charge in [0, 0.05) is 10.6 Å². The molecule has 3 rings (SSSR count). The molecule has 2 N–H and O–H groups in total. The molecule has 25 heavy (non-hydrogen) atoms. The van der Waals surface area contributed by atoms with Gasteiger partial charge in [-0.05, 0) is 36.8 Å². The molecule has 0 bridgehead atoms. The van der Waals surface area contributed by atoms with Crippen LogP contribution in [0.5, 0.6) is 0 Å². The van der Waals surface area contributed by atoms with Gasteiger partial charge in [0.05, 0.1) is 16.4 Å². The third-order valence-corrected chi connectivity index (χ3v) is 4.14. The molecule has 126 valence electrons. The van der Waals surface area contributed by atoms with Gasteiger partial charge in [-0.1, -0.05) is 53.5 Å². The van der Waals surface area contributed by atoms with Gasteiger partial charge in [0.25, 0.3) is 5.91 Å². The van der Waals surface area contributed by atoms with Gasteiger partial charge in [-0.15, -0.1) is 0 Å². The van der Waals surface area contributed by atoms with Crippen LogP contribution in [-0.2, 0) is 0 Å². The highest BCUT2D eigenvalue weighted by Crippen LogP contribution is 2.26. The molecule has 0 unspecified atom stereocenters. The first-order valence-corrected chi connectivity index (χ1v) is 8.21. The predicted molar refractivity (Wildman–Crippen MR) is 100 cm³/mol. The summed E-state index contributed by atoms with van der Waals surface area (Å²) in [6.45, 7) is 1.80. The molecule has 0 aliphatic carbocycles. The molecule has 7 heteroatoms. The van der Waals surface area contributed by atoms with Gasteiger partial charge in [0.2, 0.25) is 0 Å². The highest BCUT2D eigenvalue weighted by molar-refractivity contribution is 6.33. The zero-order valence-electron chi connectivity index (χ0n) is 13.3. The van der Waals surface area contributed by atoms with Crippen molar-refractivity contribution in [3.05, 3.63) is 75.9 Å². The van der Waals surface area contributed by atoms with E-state index in [1.54, 1.807) is 31.2 Å². The molecule has 0 atom stereocenters. The van der Waals surface area contributed by atoms with Crippen LogP contribution in [0.1, 0.15) is 23.0 Å². The van der Waals surface area contributed by atoms with Gasteiger partial charge >= 0.3 is 0 Å². The summed E-state index contributed by atoms with van der Waals surface area (Å²) >= 11 is 12.0. The summed E-state index contributed by atoms with van der Waals surface area (Å²) in [5, 5.41) is 12.1. The Morgan fingerprint density at radius 1 is 1.12 bits per heavy atom. The van der Waals surface area contributed by atoms with Crippen molar-refractivity contribution in [2.75, 3.05) is 0 Å². The van der Waals surface area contributed by atoms with Crippen molar-refractivity contribution in [1.82, 2.24) is 15.6 Å². The number of carbonyl (C=O) groups is 1. The lowest BCUT2D eigenvalue weighted by atomic mass is 10.1. The maximum atomic E-state index is 12.2. The number of halogens is 2. The summed E-state index contributed by atoms with van der Waals surface area (Å²) in [6, 6.07) is 16.1. The van der Waals surface area contributed by atoms with Crippen molar-refractivity contribution in [3.63, 3.8) is 0 Å². The summed E-state index contributed by atoms with van der Waals surface area (Å²) in [4.78, 5) is 12.2. The first-order chi connectivity index (χ1) is 12.0. The van der Waals surface area contributed by atoms with Crippen LogP contribution in [0.4, 0.5) is 0 Å². The highest BCUT2D eigenvalue weighted by Gasteiger charge is 2.12. The van der Waals surface area contributed by atoms with Gasteiger partial charge in [-0.3, -0.25) is 9.89 Å². The summed E-state index contributed by atoms with van der Waals surface area (Å²) < 4.78 is 0. The van der Waals surface area contributed by atoms with Crippen molar-refractivity contribution in [3.8, 4) is 11.3 Å². The van der Waals surface area contributed by atoms with Gasteiger partial charge < -0.3 is 0 Å². The molecule has 0 saturated carbocycles. The number of hydrazone groups is 1. The summed E-state index contributed by atoms with van der Waals surface area (Å²) in [5.41, 5.74) is 5.67. The second-order valence-electron chi connectivity index (χ2n) is 5.29. The van der Waals surface area contributed by atoms with E-state index in [0.29, 0.717) is 27.1 Å². The molecule has 1 aromatic heterocycles. The van der Waals surface area contributed by atoms with Crippen LogP contribution in [-0.4, -0.2) is 21.8 Å². The SMILES string of the molecule is CC(=NNC(=O)c1cc(-c2ccccc2Cl)n[nH]1)c1ccc(Cl)cc1. The van der Waals surface area contributed by atoms with E-state index >= 15 is 0 Å². The van der Waals surface area contributed by atoms with Crippen LogP contribution < -0.4 is 5.43 Å². The van der Waals surface area contributed by atoms with E-state index in [4.69, 9.17) is 23.2 Å². The van der Waals surface area contributed by atoms with Crippen LogP contribution in [0.2, 0.25) is 10.0 Å². The maximum absolute atomic E-state index is 12.2. The van der Waals surface area contributed by atoms with Crippen molar-refractivity contribution >= 4 is 34.8 Å². The summed E-state index contributed by atoms with van der Waals surface area (Å²) in [7, 11) is 0. The average Bonchev–Trinajstić information content (AvgIpc) is 3.10. The quantitative estimate of drug-likeness (QED) is 0.521. The van der Waals surface area contributed by atoms with E-state index in [2.05, 4.69) is 20.7 Å². The van der Waals surface area contributed by atoms with E-state index < -0.39 is 0 Å². The number of benzene rings is 2. The number of carbonyl (C=O) groups excluding carboxylic acids is 1. The fourth-order valence-corrected chi connectivity index (χ4v) is 2.55. The zero-order chi connectivity index (χ0) is 17.8. The lowest BCUT2D eigenvalue weighted by Gasteiger charge is -2.02. The number of hydrogen-bond acceptors (Lipinski definition) is 3. The van der Waals surface area contributed by atoms with Crippen LogP contribution in [0.25, 0.3) is 11.3 Å². The topological polar surface area (TPSA) is 70.1 Å². The summed E-state index contributed by atoms with van der Waals surface area (Å²) in [6.07, 6.45) is 0. The standard InChI is InChI=1S/C18H14Cl2N4O/c1-11(12-6-8-13(19)9-7-12)21-24-18(25)17-10-16(22-23-17)14-4-2-3-5-15(14)20/h2-10H,1H3,(H,22,23)(H,24,25). The van der Waals surface area contributed by atoms with Gasteiger partial charge in [-0.25, -0.2) is 5.43 Å². The second-order valence-corrected chi connectivity index (χ2v) is 6.14. The van der Waals surface area contributed by atoms with Crippen LogP contribution in [0.3, 0.4) is 0 Å². The number of nitrogens with one attached hydrogen (secondary N) is 2. The maximum Gasteiger partial charge on any atom is 0.289 e. The first-order valence-electron chi connectivity index (χ1n) is 7.45. The van der Waals surface area contributed by atoms with Crippen LogP contribution in [0, 0.1) is 0 Å². The normalized spacial score (nSPS) is 11.4. The van der Waals surface area contributed by atoms with Crippen molar-refractivity contribution in [2.45, 2.75) is 6.92 Å². The third kappa shape index (κ3) is 4.07. The Morgan fingerprint density at radius 3 is 2.56 bits per heavy atom. The largest absolute Gasteiger partial charge is 0.289 e. The van der Waals surface area contributed by atoms with E-state index in [0.717, 1.165) is 11.1 Å². The molecule has 0 aliphatic heterocycles. The molecule has 0 fully saturated rings. The minimum Gasteiger partial charge on any atom is -0.272 e. The fourth-order valence-electron chi connectivity index (χ4n) is 2.20. The zero-order valence-corrected chi connectivity index (χ0v) is 14.8. The summed E-state index contributed by atoms with van der Waals surface area (Å²) in [5.74, 6) is -0.390. The molecule has 5 nitrogen and oxygen atoms in total. The van der Waals surface area contributed by atoms with Gasteiger partial charge in [0.15, 0.2) is 0 Å². The molecule has 3 aromatic rings. The molecule has 0 radical (unpaired) electrons.